The van der Waals surface area contributed by atoms with Crippen molar-refractivity contribution in [2.45, 2.75) is 46.6 Å². The molecule has 4 nitrogen and oxygen atoms in total. The van der Waals surface area contributed by atoms with Crippen molar-refractivity contribution in [1.29, 1.82) is 0 Å². The van der Waals surface area contributed by atoms with Gasteiger partial charge in [0, 0.05) is 5.56 Å². The minimum atomic E-state index is -0.237. The van der Waals surface area contributed by atoms with E-state index in [1.165, 1.54) is 5.56 Å². The number of hydrogen-bond donors (Lipinski definition) is 0. The van der Waals surface area contributed by atoms with Gasteiger partial charge in [-0.05, 0) is 29.0 Å². The van der Waals surface area contributed by atoms with Gasteiger partial charge in [-0.25, -0.2) is 4.98 Å². The number of nitrogens with zero attached hydrogens (tertiary/aromatic N) is 2. The third-order valence-electron chi connectivity index (χ3n) is 4.53. The average Bonchev–Trinajstić information content (AvgIpc) is 2.98. The van der Waals surface area contributed by atoms with Crippen LogP contribution in [0.15, 0.2) is 48.5 Å². The van der Waals surface area contributed by atoms with Crippen molar-refractivity contribution >= 4 is 17.0 Å². The average molecular weight is 364 g/mol. The molecule has 1 heterocycles. The molecule has 2 aromatic carbocycles. The highest BCUT2D eigenvalue weighted by molar-refractivity contribution is 5.83. The fourth-order valence-electron chi connectivity index (χ4n) is 3.01. The molecule has 3 aromatic rings. The molecule has 0 bridgehead atoms. The highest BCUT2D eigenvalue weighted by atomic mass is 16.5. The van der Waals surface area contributed by atoms with Gasteiger partial charge in [-0.3, -0.25) is 4.79 Å². The Hall–Kier alpha value is -2.62. The standard InChI is InChI=1S/C23H28N2O2/c1-16(2)15-27-21(26)14-25-20-9-7-6-8-19(20)24-22(25)17-10-12-18(13-11-17)23(3,4)5/h6-13,16H,14-15H2,1-5H3. The Labute approximate surface area is 161 Å². The van der Waals surface area contributed by atoms with Crippen molar-refractivity contribution in [3.8, 4) is 11.4 Å². The van der Waals surface area contributed by atoms with Crippen LogP contribution in [0, 0.1) is 5.92 Å². The number of carbonyl (C=O) groups excluding carboxylic acids is 1. The maximum atomic E-state index is 12.4. The van der Waals surface area contributed by atoms with Crippen LogP contribution in [0.25, 0.3) is 22.4 Å². The molecular weight excluding hydrogens is 336 g/mol. The molecule has 0 N–H and O–H groups in total. The van der Waals surface area contributed by atoms with E-state index in [1.54, 1.807) is 0 Å². The maximum Gasteiger partial charge on any atom is 0.326 e. The number of aromatic nitrogens is 2. The van der Waals surface area contributed by atoms with E-state index in [1.807, 2.05) is 42.7 Å². The van der Waals surface area contributed by atoms with Gasteiger partial charge in [0.25, 0.3) is 0 Å². The van der Waals surface area contributed by atoms with Crippen LogP contribution in [-0.4, -0.2) is 22.1 Å². The van der Waals surface area contributed by atoms with E-state index >= 15 is 0 Å². The van der Waals surface area contributed by atoms with Crippen LogP contribution in [0.5, 0.6) is 0 Å². The van der Waals surface area contributed by atoms with Gasteiger partial charge in [0.2, 0.25) is 0 Å². The van der Waals surface area contributed by atoms with E-state index in [9.17, 15) is 4.79 Å². The lowest BCUT2D eigenvalue weighted by molar-refractivity contribution is -0.145. The number of hydrogen-bond acceptors (Lipinski definition) is 3. The smallest absolute Gasteiger partial charge is 0.326 e. The number of esters is 1. The molecule has 1 aromatic heterocycles. The van der Waals surface area contributed by atoms with Gasteiger partial charge in [0.15, 0.2) is 0 Å². The van der Waals surface area contributed by atoms with Gasteiger partial charge in [0.1, 0.15) is 12.4 Å². The van der Waals surface area contributed by atoms with Crippen LogP contribution in [0.4, 0.5) is 0 Å². The first-order valence-corrected chi connectivity index (χ1v) is 9.47. The zero-order chi connectivity index (χ0) is 19.6. The molecule has 0 atom stereocenters. The molecule has 0 aliphatic rings. The Kier molecular flexibility index (Phi) is 5.36. The second-order valence-corrected chi connectivity index (χ2v) is 8.41. The Bertz CT molecular complexity index is 931. The molecule has 3 rings (SSSR count). The topological polar surface area (TPSA) is 44.1 Å². The van der Waals surface area contributed by atoms with Crippen LogP contribution in [0.3, 0.4) is 0 Å². The van der Waals surface area contributed by atoms with Crippen molar-refractivity contribution in [2.24, 2.45) is 5.92 Å². The minimum absolute atomic E-state index is 0.0965. The summed E-state index contributed by atoms with van der Waals surface area (Å²) in [7, 11) is 0. The molecule has 142 valence electrons. The van der Waals surface area contributed by atoms with Crippen LogP contribution >= 0.6 is 0 Å². The fraction of sp³-hybridized carbons (Fsp3) is 0.391. The van der Waals surface area contributed by atoms with E-state index in [0.717, 1.165) is 22.4 Å². The van der Waals surface area contributed by atoms with Crippen LogP contribution in [0.2, 0.25) is 0 Å². The number of para-hydroxylation sites is 2. The molecule has 0 radical (unpaired) electrons. The number of ether oxygens (including phenoxy) is 1. The summed E-state index contributed by atoms with van der Waals surface area (Å²) in [5.74, 6) is 0.871. The maximum absolute atomic E-state index is 12.4. The lowest BCUT2D eigenvalue weighted by Crippen LogP contribution is -2.17. The predicted molar refractivity (Wildman–Crippen MR) is 110 cm³/mol. The van der Waals surface area contributed by atoms with E-state index < -0.39 is 0 Å². The first-order valence-electron chi connectivity index (χ1n) is 9.47. The molecule has 4 heteroatoms. The third kappa shape index (κ3) is 4.38. The Balaban J connectivity index is 1.98. The van der Waals surface area contributed by atoms with Gasteiger partial charge in [-0.15, -0.1) is 0 Å². The normalized spacial score (nSPS) is 11.9. The van der Waals surface area contributed by atoms with Crippen molar-refractivity contribution in [1.82, 2.24) is 9.55 Å². The van der Waals surface area contributed by atoms with E-state index in [-0.39, 0.29) is 17.9 Å². The molecule has 0 amide bonds. The van der Waals surface area contributed by atoms with Gasteiger partial charge in [0.05, 0.1) is 17.6 Å². The van der Waals surface area contributed by atoms with Crippen molar-refractivity contribution in [2.75, 3.05) is 6.61 Å². The van der Waals surface area contributed by atoms with E-state index in [4.69, 9.17) is 9.72 Å². The number of fused-ring (bicyclic) bond motifs is 1. The fourth-order valence-corrected chi connectivity index (χ4v) is 3.01. The second-order valence-electron chi connectivity index (χ2n) is 8.41. The Morgan fingerprint density at radius 3 is 2.37 bits per heavy atom. The number of carbonyl (C=O) groups is 1. The first-order chi connectivity index (χ1) is 12.8. The first kappa shape index (κ1) is 19.2. The molecular formula is C23H28N2O2. The van der Waals surface area contributed by atoms with Crippen LogP contribution in [-0.2, 0) is 21.5 Å². The second kappa shape index (κ2) is 7.55. The summed E-state index contributed by atoms with van der Waals surface area (Å²) in [5.41, 5.74) is 4.18. The summed E-state index contributed by atoms with van der Waals surface area (Å²) in [6.45, 7) is 11.2. The number of imidazole rings is 1. The highest BCUT2D eigenvalue weighted by Gasteiger charge is 2.18. The molecule has 0 aliphatic carbocycles. The number of benzene rings is 2. The van der Waals surface area contributed by atoms with Crippen LogP contribution < -0.4 is 0 Å². The summed E-state index contributed by atoms with van der Waals surface area (Å²) in [5, 5.41) is 0. The summed E-state index contributed by atoms with van der Waals surface area (Å²) in [6.07, 6.45) is 0. The molecule has 0 fully saturated rings. The molecule has 27 heavy (non-hydrogen) atoms. The lowest BCUT2D eigenvalue weighted by Gasteiger charge is -2.19. The Morgan fingerprint density at radius 2 is 1.74 bits per heavy atom. The summed E-state index contributed by atoms with van der Waals surface area (Å²) < 4.78 is 7.34. The highest BCUT2D eigenvalue weighted by Crippen LogP contribution is 2.28. The minimum Gasteiger partial charge on any atom is -0.464 e. The van der Waals surface area contributed by atoms with Crippen molar-refractivity contribution < 1.29 is 9.53 Å². The van der Waals surface area contributed by atoms with E-state index in [0.29, 0.717) is 12.5 Å². The lowest BCUT2D eigenvalue weighted by atomic mass is 9.87. The summed E-state index contributed by atoms with van der Waals surface area (Å²) in [4.78, 5) is 17.1. The molecule has 0 saturated carbocycles. The van der Waals surface area contributed by atoms with Gasteiger partial charge < -0.3 is 9.30 Å². The molecule has 0 spiro atoms. The van der Waals surface area contributed by atoms with Crippen molar-refractivity contribution in [3.05, 3.63) is 54.1 Å². The molecule has 0 aliphatic heterocycles. The van der Waals surface area contributed by atoms with Gasteiger partial charge in [-0.2, -0.15) is 0 Å². The summed E-state index contributed by atoms with van der Waals surface area (Å²) in [6, 6.07) is 16.3. The largest absolute Gasteiger partial charge is 0.464 e. The van der Waals surface area contributed by atoms with Gasteiger partial charge >= 0.3 is 5.97 Å². The monoisotopic (exact) mass is 364 g/mol. The Morgan fingerprint density at radius 1 is 1.07 bits per heavy atom. The zero-order valence-corrected chi connectivity index (χ0v) is 16.8. The zero-order valence-electron chi connectivity index (χ0n) is 16.8. The third-order valence-corrected chi connectivity index (χ3v) is 4.53. The van der Waals surface area contributed by atoms with Crippen LogP contribution in [0.1, 0.15) is 40.2 Å². The molecule has 0 unspecified atom stereocenters. The number of rotatable bonds is 5. The molecule has 0 saturated heterocycles. The predicted octanol–water partition coefficient (Wildman–Crippen LogP) is 5.20. The summed E-state index contributed by atoms with van der Waals surface area (Å²) >= 11 is 0. The van der Waals surface area contributed by atoms with Crippen molar-refractivity contribution in [3.63, 3.8) is 0 Å². The SMILES string of the molecule is CC(C)COC(=O)Cn1c(-c2ccc(C(C)(C)C)cc2)nc2ccccc21. The van der Waals surface area contributed by atoms with E-state index in [2.05, 4.69) is 45.0 Å². The quantitative estimate of drug-likeness (QED) is 0.585. The van der Waals surface area contributed by atoms with Gasteiger partial charge in [-0.1, -0.05) is 71.0 Å².